The second kappa shape index (κ2) is 6.39. The lowest BCUT2D eigenvalue weighted by Crippen LogP contribution is -2.32. The van der Waals surface area contributed by atoms with Crippen molar-refractivity contribution in [3.63, 3.8) is 0 Å². The monoisotopic (exact) mass is 352 g/mol. The van der Waals surface area contributed by atoms with Crippen LogP contribution in [0.2, 0.25) is 0 Å². The molecule has 1 aliphatic heterocycles. The number of rotatable bonds is 1. The minimum Gasteiger partial charge on any atom is -0.398 e. The lowest BCUT2D eigenvalue weighted by molar-refractivity contribution is 0.0755. The average molecular weight is 353 g/mol. The highest BCUT2D eigenvalue weighted by Gasteiger charge is 2.28. The minimum atomic E-state index is 0.101. The number of hydrogen-bond acceptors (Lipinski definition) is 2. The number of carbonyl (C=O) groups excluding carboxylic acids is 1. The lowest BCUT2D eigenvalue weighted by Gasteiger charge is -2.29. The van der Waals surface area contributed by atoms with E-state index in [1.165, 1.54) is 6.42 Å². The summed E-state index contributed by atoms with van der Waals surface area (Å²) in [4.78, 5) is 14.6. The molecule has 1 aliphatic rings. The molecule has 3 nitrogen and oxygen atoms in total. The summed E-state index contributed by atoms with van der Waals surface area (Å²) < 4.78 is 0.836. The van der Waals surface area contributed by atoms with E-state index in [1.807, 2.05) is 17.0 Å². The Balaban J connectivity index is 2.08. The Labute approximate surface area is 136 Å². The van der Waals surface area contributed by atoms with E-state index in [0.29, 0.717) is 22.6 Å². The molecule has 1 saturated heterocycles. The Hall–Kier alpha value is -1.03. The fraction of sp³-hybridized carbons (Fsp3) is 0.588. The first kappa shape index (κ1) is 16.3. The molecular formula is C17H25BrN2O. The van der Waals surface area contributed by atoms with Gasteiger partial charge in [0, 0.05) is 28.8 Å². The fourth-order valence-electron chi connectivity index (χ4n) is 3.02. The number of nitrogen functional groups attached to an aromatic ring is 1. The first-order valence-corrected chi connectivity index (χ1v) is 8.42. The number of nitrogens with two attached hydrogens (primary N) is 1. The molecule has 0 bridgehead atoms. The molecule has 4 heteroatoms. The SMILES string of the molecule is CC(C)(C)C1CCCN(C(=O)c2ccc(Br)c(N)c2)CC1. The van der Waals surface area contributed by atoms with Gasteiger partial charge in [-0.1, -0.05) is 20.8 Å². The molecule has 0 aromatic heterocycles. The number of amides is 1. The molecular weight excluding hydrogens is 328 g/mol. The Kier molecular flexibility index (Phi) is 4.97. The van der Waals surface area contributed by atoms with Crippen molar-refractivity contribution >= 4 is 27.5 Å². The lowest BCUT2D eigenvalue weighted by atomic mass is 9.77. The van der Waals surface area contributed by atoms with Crippen LogP contribution in [0.5, 0.6) is 0 Å². The smallest absolute Gasteiger partial charge is 0.253 e. The molecule has 1 aromatic carbocycles. The minimum absolute atomic E-state index is 0.101. The summed E-state index contributed by atoms with van der Waals surface area (Å²) in [5.41, 5.74) is 7.50. The topological polar surface area (TPSA) is 46.3 Å². The van der Waals surface area contributed by atoms with Gasteiger partial charge in [0.25, 0.3) is 5.91 Å². The summed E-state index contributed by atoms with van der Waals surface area (Å²) >= 11 is 3.37. The first-order chi connectivity index (χ1) is 9.79. The van der Waals surface area contributed by atoms with Crippen LogP contribution in [0.4, 0.5) is 5.69 Å². The molecule has 1 aromatic rings. The van der Waals surface area contributed by atoms with Crippen LogP contribution in [0, 0.1) is 11.3 Å². The van der Waals surface area contributed by atoms with Crippen molar-refractivity contribution in [1.29, 1.82) is 0 Å². The van der Waals surface area contributed by atoms with Crippen molar-refractivity contribution in [1.82, 2.24) is 4.90 Å². The average Bonchev–Trinajstić information content (AvgIpc) is 2.66. The van der Waals surface area contributed by atoms with Gasteiger partial charge in [-0.25, -0.2) is 0 Å². The van der Waals surface area contributed by atoms with Crippen LogP contribution in [0.1, 0.15) is 50.4 Å². The molecule has 2 N–H and O–H groups in total. The number of benzene rings is 1. The number of halogens is 1. The van der Waals surface area contributed by atoms with Crippen LogP contribution in [-0.4, -0.2) is 23.9 Å². The molecule has 1 atom stereocenters. The molecule has 1 fully saturated rings. The molecule has 0 radical (unpaired) electrons. The highest BCUT2D eigenvalue weighted by atomic mass is 79.9. The largest absolute Gasteiger partial charge is 0.398 e. The number of hydrogen-bond donors (Lipinski definition) is 1. The van der Waals surface area contributed by atoms with Crippen molar-refractivity contribution < 1.29 is 4.79 Å². The first-order valence-electron chi connectivity index (χ1n) is 7.63. The van der Waals surface area contributed by atoms with Crippen molar-refractivity contribution in [2.24, 2.45) is 11.3 Å². The van der Waals surface area contributed by atoms with Crippen LogP contribution in [0.15, 0.2) is 22.7 Å². The van der Waals surface area contributed by atoms with Gasteiger partial charge in [-0.05, 0) is 64.7 Å². The maximum Gasteiger partial charge on any atom is 0.253 e. The van der Waals surface area contributed by atoms with Crippen molar-refractivity contribution in [2.45, 2.75) is 40.0 Å². The second-order valence-electron chi connectivity index (χ2n) is 7.02. The summed E-state index contributed by atoms with van der Waals surface area (Å²) in [5, 5.41) is 0. The van der Waals surface area contributed by atoms with Crippen LogP contribution in [0.25, 0.3) is 0 Å². The van der Waals surface area contributed by atoms with E-state index in [-0.39, 0.29) is 5.91 Å². The number of likely N-dealkylation sites (tertiary alicyclic amines) is 1. The Morgan fingerprint density at radius 3 is 2.62 bits per heavy atom. The third-order valence-corrected chi connectivity index (χ3v) is 5.21. The Morgan fingerprint density at radius 2 is 2.00 bits per heavy atom. The van der Waals surface area contributed by atoms with Gasteiger partial charge in [-0.2, -0.15) is 0 Å². The summed E-state index contributed by atoms with van der Waals surface area (Å²) in [5.74, 6) is 0.786. The van der Waals surface area contributed by atoms with Crippen LogP contribution >= 0.6 is 15.9 Å². The molecule has 1 unspecified atom stereocenters. The van der Waals surface area contributed by atoms with Crippen LogP contribution in [-0.2, 0) is 0 Å². The van der Waals surface area contributed by atoms with Crippen molar-refractivity contribution in [3.05, 3.63) is 28.2 Å². The Bertz CT molecular complexity index is 522. The van der Waals surface area contributed by atoms with Crippen LogP contribution in [0.3, 0.4) is 0 Å². The van der Waals surface area contributed by atoms with Gasteiger partial charge in [0.2, 0.25) is 0 Å². The van der Waals surface area contributed by atoms with Gasteiger partial charge in [-0.15, -0.1) is 0 Å². The maximum absolute atomic E-state index is 12.6. The molecule has 21 heavy (non-hydrogen) atoms. The van der Waals surface area contributed by atoms with E-state index < -0.39 is 0 Å². The van der Waals surface area contributed by atoms with Crippen molar-refractivity contribution in [2.75, 3.05) is 18.8 Å². The van der Waals surface area contributed by atoms with Gasteiger partial charge in [0.05, 0.1) is 0 Å². The summed E-state index contributed by atoms with van der Waals surface area (Å²) in [6, 6.07) is 5.45. The quantitative estimate of drug-likeness (QED) is 0.765. The molecule has 1 amide bonds. The highest BCUT2D eigenvalue weighted by Crippen LogP contribution is 2.34. The number of anilines is 1. The Morgan fingerprint density at radius 1 is 1.29 bits per heavy atom. The fourth-order valence-corrected chi connectivity index (χ4v) is 3.27. The molecule has 0 aliphatic carbocycles. The van der Waals surface area contributed by atoms with Gasteiger partial charge in [0.1, 0.15) is 0 Å². The van der Waals surface area contributed by atoms with E-state index in [4.69, 9.17) is 5.73 Å². The summed E-state index contributed by atoms with van der Waals surface area (Å²) in [6.45, 7) is 8.58. The van der Waals surface area contributed by atoms with Crippen LogP contribution < -0.4 is 5.73 Å². The zero-order valence-electron chi connectivity index (χ0n) is 13.2. The van der Waals surface area contributed by atoms with Gasteiger partial charge in [-0.3, -0.25) is 4.79 Å². The molecule has 0 spiro atoms. The van der Waals surface area contributed by atoms with Crippen molar-refractivity contribution in [3.8, 4) is 0 Å². The molecule has 0 saturated carbocycles. The zero-order chi connectivity index (χ0) is 15.6. The standard InChI is InChI=1S/C17H25BrN2O/c1-17(2,3)13-5-4-9-20(10-8-13)16(21)12-6-7-14(18)15(19)11-12/h6-7,11,13H,4-5,8-10,19H2,1-3H3. The molecule has 116 valence electrons. The second-order valence-corrected chi connectivity index (χ2v) is 7.88. The van der Waals surface area contributed by atoms with E-state index >= 15 is 0 Å². The maximum atomic E-state index is 12.6. The van der Waals surface area contributed by atoms with E-state index in [1.54, 1.807) is 6.07 Å². The van der Waals surface area contributed by atoms with E-state index in [9.17, 15) is 4.79 Å². The van der Waals surface area contributed by atoms with Gasteiger partial charge < -0.3 is 10.6 Å². The summed E-state index contributed by atoms with van der Waals surface area (Å²) in [7, 11) is 0. The molecule has 1 heterocycles. The normalized spacial score (nSPS) is 20.2. The summed E-state index contributed by atoms with van der Waals surface area (Å²) in [6.07, 6.45) is 3.37. The number of carbonyl (C=O) groups is 1. The molecule has 2 rings (SSSR count). The zero-order valence-corrected chi connectivity index (χ0v) is 14.7. The predicted octanol–water partition coefficient (Wildman–Crippen LogP) is 4.32. The predicted molar refractivity (Wildman–Crippen MR) is 91.3 cm³/mol. The van der Waals surface area contributed by atoms with Gasteiger partial charge >= 0.3 is 0 Å². The highest BCUT2D eigenvalue weighted by molar-refractivity contribution is 9.10. The van der Waals surface area contributed by atoms with E-state index in [0.717, 1.165) is 30.4 Å². The third-order valence-electron chi connectivity index (χ3n) is 4.48. The number of nitrogens with zero attached hydrogens (tertiary/aromatic N) is 1. The van der Waals surface area contributed by atoms with Gasteiger partial charge in [0.15, 0.2) is 0 Å². The van der Waals surface area contributed by atoms with E-state index in [2.05, 4.69) is 36.7 Å². The third kappa shape index (κ3) is 4.00.